The van der Waals surface area contributed by atoms with Crippen LogP contribution in [0.2, 0.25) is 0 Å². The molecule has 1 aromatic rings. The number of ether oxygens (including phenoxy) is 1. The molecule has 8 heteroatoms. The molecule has 7 nitrogen and oxygen atoms in total. The fourth-order valence-corrected chi connectivity index (χ4v) is 1.24. The summed E-state index contributed by atoms with van der Waals surface area (Å²) in [6.07, 6.45) is -0.865. The Bertz CT molecular complexity index is 556. The van der Waals surface area contributed by atoms with Gasteiger partial charge >= 0.3 is 11.9 Å². The Morgan fingerprint density at radius 2 is 2.00 bits per heavy atom. The second-order valence-corrected chi connectivity index (χ2v) is 4.15. The molecular weight excluding hydrogens is 346 g/mol. The van der Waals surface area contributed by atoms with Gasteiger partial charge in [-0.3, -0.25) is 4.89 Å². The first kappa shape index (κ1) is 20.1. The van der Waals surface area contributed by atoms with Crippen molar-refractivity contribution in [1.82, 2.24) is 0 Å². The van der Waals surface area contributed by atoms with E-state index in [9.17, 15) is 14.7 Å². The zero-order chi connectivity index (χ0) is 16.0. The minimum atomic E-state index is -1.30. The van der Waals surface area contributed by atoms with Crippen LogP contribution in [-0.2, 0) is 29.2 Å². The molecule has 0 aromatic heterocycles. The third kappa shape index (κ3) is 5.46. The van der Waals surface area contributed by atoms with E-state index >= 15 is 0 Å². The fraction of sp³-hybridized carbons (Fsp3) is 0.286. The van der Waals surface area contributed by atoms with E-state index in [1.165, 1.54) is 25.1 Å². The van der Waals surface area contributed by atoms with Gasteiger partial charge in [-0.05, 0) is 19.1 Å². The first-order chi connectivity index (χ1) is 9.86. The molecule has 1 aromatic carbocycles. The molecule has 0 fully saturated rings. The fourth-order valence-electron chi connectivity index (χ4n) is 1.24. The van der Waals surface area contributed by atoms with Crippen LogP contribution >= 0.6 is 0 Å². The number of para-hydroxylation sites is 1. The van der Waals surface area contributed by atoms with Crippen LogP contribution in [0.5, 0.6) is 11.5 Å². The molecule has 0 bridgehead atoms. The zero-order valence-electron chi connectivity index (χ0n) is 12.4. The maximum atomic E-state index is 11.3. The maximum absolute atomic E-state index is 11.3. The van der Waals surface area contributed by atoms with Gasteiger partial charge in [0.25, 0.3) is 0 Å². The quantitative estimate of drug-likeness (QED) is 0.251. The van der Waals surface area contributed by atoms with Gasteiger partial charge in [0.05, 0.1) is 0 Å². The Hall–Kier alpha value is -1.92. The molecule has 0 spiro atoms. The molecule has 2 N–H and O–H groups in total. The van der Waals surface area contributed by atoms with Crippen molar-refractivity contribution in [3.05, 3.63) is 35.9 Å². The van der Waals surface area contributed by atoms with E-state index in [0.29, 0.717) is 0 Å². The van der Waals surface area contributed by atoms with E-state index in [-0.39, 0.29) is 48.5 Å². The first-order valence-electron chi connectivity index (χ1n) is 6.12. The Kier molecular flexibility index (Phi) is 8.37. The van der Waals surface area contributed by atoms with Gasteiger partial charge in [-0.1, -0.05) is 19.6 Å². The summed E-state index contributed by atoms with van der Waals surface area (Å²) in [7, 11) is 0. The molecule has 1 rings (SSSR count). The molecule has 0 saturated carbocycles. The predicted molar refractivity (Wildman–Crippen MR) is 71.9 cm³/mol. The van der Waals surface area contributed by atoms with Crippen LogP contribution in [0.3, 0.4) is 0 Å². The molecular formula is C14H16O7Zn. The Labute approximate surface area is 140 Å². The van der Waals surface area contributed by atoms with Crippen molar-refractivity contribution in [1.29, 1.82) is 0 Å². The van der Waals surface area contributed by atoms with Crippen LogP contribution in [0.25, 0.3) is 0 Å². The van der Waals surface area contributed by atoms with Gasteiger partial charge < -0.3 is 14.9 Å². The number of carbonyl (C=O) groups is 2. The second kappa shape index (κ2) is 9.17. The van der Waals surface area contributed by atoms with Gasteiger partial charge in [-0.25, -0.2) is 14.5 Å². The smallest absolute Gasteiger partial charge is 0.381 e. The van der Waals surface area contributed by atoms with Gasteiger partial charge in [0.15, 0.2) is 12.0 Å². The van der Waals surface area contributed by atoms with E-state index in [4.69, 9.17) is 14.7 Å². The largest absolute Gasteiger partial charge is 0.478 e. The average Bonchev–Trinajstić information content (AvgIpc) is 2.44. The number of rotatable bonds is 7. The molecule has 0 heterocycles. The molecule has 22 heavy (non-hydrogen) atoms. The minimum absolute atomic E-state index is 0. The van der Waals surface area contributed by atoms with E-state index < -0.39 is 18.2 Å². The third-order valence-corrected chi connectivity index (χ3v) is 2.37. The summed E-state index contributed by atoms with van der Waals surface area (Å²) in [5.41, 5.74) is -0.191. The van der Waals surface area contributed by atoms with Gasteiger partial charge in [-0.15, -0.1) is 0 Å². The molecule has 0 amide bonds. The van der Waals surface area contributed by atoms with Crippen LogP contribution in [-0.4, -0.2) is 28.4 Å². The second-order valence-electron chi connectivity index (χ2n) is 4.15. The van der Waals surface area contributed by atoms with Crippen LogP contribution in [0, 0.1) is 0 Å². The predicted octanol–water partition coefficient (Wildman–Crippen LogP) is 1.90. The Morgan fingerprint density at radius 1 is 1.36 bits per heavy atom. The number of carboxylic acids is 1. The number of hydrogen-bond donors (Lipinski definition) is 2. The first-order valence-corrected chi connectivity index (χ1v) is 6.12. The van der Waals surface area contributed by atoms with Crippen molar-refractivity contribution < 1.29 is 53.8 Å². The molecule has 116 valence electrons. The number of benzene rings is 1. The van der Waals surface area contributed by atoms with Crippen molar-refractivity contribution in [3.63, 3.8) is 0 Å². The van der Waals surface area contributed by atoms with Crippen LogP contribution in [0.1, 0.15) is 30.6 Å². The number of carbonyl (C=O) groups excluding carboxylic acids is 1. The minimum Gasteiger partial charge on any atom is -0.478 e. The number of hydrogen-bond acceptors (Lipinski definition) is 6. The average molecular weight is 362 g/mol. The third-order valence-electron chi connectivity index (χ3n) is 2.37. The summed E-state index contributed by atoms with van der Waals surface area (Å²) in [5.74, 6) is -2.52. The molecule has 1 atom stereocenters. The van der Waals surface area contributed by atoms with Crippen molar-refractivity contribution in [2.24, 2.45) is 0 Å². The van der Waals surface area contributed by atoms with Crippen molar-refractivity contribution >= 4 is 11.9 Å². The molecule has 0 saturated heterocycles. The molecule has 0 radical (unpaired) electrons. The number of aliphatic hydroxyl groups excluding tert-OH is 1. The van der Waals surface area contributed by atoms with E-state index in [2.05, 4.69) is 11.5 Å². The topological polar surface area (TPSA) is 102 Å². The number of carboxylic acid groups (broad SMARTS) is 1. The standard InChI is InChI=1S/C14H16O7.Zn/c1-4-11(15)19-10-7-5-6-9(13(16)17)12(10)20-21-14(18)8(2)3;/h5-7,11,15H,2,4H2,1,3H3,(H,16,17);. The summed E-state index contributed by atoms with van der Waals surface area (Å²) in [5, 5.41) is 18.6. The number of aliphatic hydroxyl groups is 1. The maximum Gasteiger partial charge on any atom is 0.381 e. The van der Waals surface area contributed by atoms with E-state index in [1.54, 1.807) is 6.92 Å². The summed E-state index contributed by atoms with van der Waals surface area (Å²) in [6.45, 7) is 6.45. The van der Waals surface area contributed by atoms with Crippen LogP contribution in [0.4, 0.5) is 0 Å². The van der Waals surface area contributed by atoms with Crippen LogP contribution < -0.4 is 9.62 Å². The molecule has 0 aliphatic rings. The normalized spacial score (nSPS) is 10.9. The Morgan fingerprint density at radius 3 is 2.50 bits per heavy atom. The summed E-state index contributed by atoms with van der Waals surface area (Å²) in [6, 6.07) is 4.04. The van der Waals surface area contributed by atoms with Gasteiger partial charge in [-0.2, -0.15) is 0 Å². The molecule has 1 unspecified atom stereocenters. The Balaban J connectivity index is 0.00000441. The van der Waals surface area contributed by atoms with Crippen molar-refractivity contribution in [2.75, 3.05) is 0 Å². The van der Waals surface area contributed by atoms with Gasteiger partial charge in [0.1, 0.15) is 5.56 Å². The van der Waals surface area contributed by atoms with Gasteiger partial charge in [0, 0.05) is 31.5 Å². The van der Waals surface area contributed by atoms with Crippen LogP contribution in [0.15, 0.2) is 30.4 Å². The van der Waals surface area contributed by atoms with Gasteiger partial charge in [0.2, 0.25) is 5.75 Å². The monoisotopic (exact) mass is 360 g/mol. The molecule has 0 aliphatic heterocycles. The zero-order valence-corrected chi connectivity index (χ0v) is 15.3. The van der Waals surface area contributed by atoms with E-state index in [1.807, 2.05) is 0 Å². The number of aromatic carboxylic acids is 1. The summed E-state index contributed by atoms with van der Waals surface area (Å²) < 4.78 is 5.13. The SMILES string of the molecule is C=C(C)C(=O)OOc1c(OC(O)CC)cccc1C(=O)O.[Zn]. The molecule has 0 aliphatic carbocycles. The summed E-state index contributed by atoms with van der Waals surface area (Å²) in [4.78, 5) is 31.7. The van der Waals surface area contributed by atoms with Crippen molar-refractivity contribution in [2.45, 2.75) is 26.6 Å². The van der Waals surface area contributed by atoms with E-state index in [0.717, 1.165) is 0 Å². The summed E-state index contributed by atoms with van der Waals surface area (Å²) >= 11 is 0. The van der Waals surface area contributed by atoms with Crippen molar-refractivity contribution in [3.8, 4) is 11.5 Å².